The lowest BCUT2D eigenvalue weighted by molar-refractivity contribution is -0.00461. The summed E-state index contributed by atoms with van der Waals surface area (Å²) in [6, 6.07) is 0. The van der Waals surface area contributed by atoms with Crippen LogP contribution in [0.4, 0.5) is 0 Å². The molecule has 1 rings (SSSR count). The molecule has 1 aliphatic heterocycles. The van der Waals surface area contributed by atoms with E-state index in [0.29, 0.717) is 13.0 Å². The van der Waals surface area contributed by atoms with Crippen LogP contribution in [0.15, 0.2) is 0 Å². The van der Waals surface area contributed by atoms with Crippen molar-refractivity contribution in [2.75, 3.05) is 40.4 Å². The number of hydrogen-bond donors (Lipinski definition) is 2. The number of rotatable bonds is 8. The molecule has 0 radical (unpaired) electrons. The molecule has 18 heavy (non-hydrogen) atoms. The Bertz CT molecular complexity index is 222. The fraction of sp³-hybridized carbons (Fsp3) is 1.00. The van der Waals surface area contributed by atoms with E-state index in [1.807, 2.05) is 6.92 Å². The number of nitrogens with two attached hydrogens (primary N) is 1. The third kappa shape index (κ3) is 4.17. The Hall–Kier alpha value is -0.200. The van der Waals surface area contributed by atoms with E-state index in [0.717, 1.165) is 32.5 Å². The van der Waals surface area contributed by atoms with Crippen molar-refractivity contribution in [3.05, 3.63) is 0 Å². The highest BCUT2D eigenvalue weighted by atomic mass is 16.5. The highest BCUT2D eigenvalue weighted by Gasteiger charge is 2.32. The molecule has 1 aliphatic rings. The molecule has 0 aliphatic carbocycles. The summed E-state index contributed by atoms with van der Waals surface area (Å²) in [5.41, 5.74) is 4.90. The second kappa shape index (κ2) is 7.40. The van der Waals surface area contributed by atoms with E-state index in [2.05, 4.69) is 4.90 Å². The van der Waals surface area contributed by atoms with Crippen molar-refractivity contribution < 1.29 is 14.6 Å². The van der Waals surface area contributed by atoms with Crippen LogP contribution in [-0.4, -0.2) is 68.2 Å². The van der Waals surface area contributed by atoms with Gasteiger partial charge in [-0.3, -0.25) is 4.90 Å². The SMILES string of the molecule is CCC(O)(CN)CCCN1CC(OC)C(OC)C1. The van der Waals surface area contributed by atoms with Gasteiger partial charge >= 0.3 is 0 Å². The Morgan fingerprint density at radius 2 is 1.83 bits per heavy atom. The van der Waals surface area contributed by atoms with E-state index in [4.69, 9.17) is 15.2 Å². The molecule has 5 heteroatoms. The Morgan fingerprint density at radius 3 is 2.22 bits per heavy atom. The van der Waals surface area contributed by atoms with E-state index in [-0.39, 0.29) is 12.2 Å². The van der Waals surface area contributed by atoms with Gasteiger partial charge in [0.25, 0.3) is 0 Å². The molecule has 1 saturated heterocycles. The zero-order chi connectivity index (χ0) is 13.6. The molecule has 1 heterocycles. The van der Waals surface area contributed by atoms with Crippen molar-refractivity contribution in [1.82, 2.24) is 4.90 Å². The number of ether oxygens (including phenoxy) is 2. The van der Waals surface area contributed by atoms with Crippen LogP contribution in [-0.2, 0) is 9.47 Å². The molecule has 0 aromatic carbocycles. The van der Waals surface area contributed by atoms with Gasteiger partial charge in [0.15, 0.2) is 0 Å². The highest BCUT2D eigenvalue weighted by Crippen LogP contribution is 2.19. The molecule has 3 N–H and O–H groups in total. The second-order valence-electron chi connectivity index (χ2n) is 5.19. The smallest absolute Gasteiger partial charge is 0.0971 e. The molecule has 0 aromatic heterocycles. The van der Waals surface area contributed by atoms with Gasteiger partial charge in [-0.15, -0.1) is 0 Å². The molecule has 3 atom stereocenters. The van der Waals surface area contributed by atoms with Crippen molar-refractivity contribution in [3.63, 3.8) is 0 Å². The van der Waals surface area contributed by atoms with Crippen LogP contribution >= 0.6 is 0 Å². The first-order valence-corrected chi connectivity index (χ1v) is 6.79. The average molecular weight is 260 g/mol. The normalized spacial score (nSPS) is 28.5. The summed E-state index contributed by atoms with van der Waals surface area (Å²) in [5, 5.41) is 10.1. The second-order valence-corrected chi connectivity index (χ2v) is 5.19. The quantitative estimate of drug-likeness (QED) is 0.653. The molecule has 3 unspecified atom stereocenters. The van der Waals surface area contributed by atoms with Crippen LogP contribution in [0.1, 0.15) is 26.2 Å². The maximum atomic E-state index is 10.1. The first-order valence-electron chi connectivity index (χ1n) is 6.79. The van der Waals surface area contributed by atoms with Crippen molar-refractivity contribution in [1.29, 1.82) is 0 Å². The van der Waals surface area contributed by atoms with E-state index in [1.54, 1.807) is 14.2 Å². The first kappa shape index (κ1) is 15.9. The van der Waals surface area contributed by atoms with E-state index < -0.39 is 5.60 Å². The van der Waals surface area contributed by atoms with Crippen LogP contribution in [0.5, 0.6) is 0 Å². The lowest BCUT2D eigenvalue weighted by Crippen LogP contribution is -2.38. The van der Waals surface area contributed by atoms with Crippen LogP contribution in [0.3, 0.4) is 0 Å². The van der Waals surface area contributed by atoms with Crippen LogP contribution in [0.25, 0.3) is 0 Å². The largest absolute Gasteiger partial charge is 0.389 e. The molecule has 108 valence electrons. The number of aliphatic hydroxyl groups is 1. The van der Waals surface area contributed by atoms with Crippen LogP contribution < -0.4 is 5.73 Å². The number of nitrogens with zero attached hydrogens (tertiary/aromatic N) is 1. The number of likely N-dealkylation sites (tertiary alicyclic amines) is 1. The fourth-order valence-corrected chi connectivity index (χ4v) is 2.51. The summed E-state index contributed by atoms with van der Waals surface area (Å²) in [7, 11) is 3.45. The fourth-order valence-electron chi connectivity index (χ4n) is 2.51. The van der Waals surface area contributed by atoms with Gasteiger partial charge in [0.2, 0.25) is 0 Å². The highest BCUT2D eigenvalue weighted by molar-refractivity contribution is 4.86. The third-order valence-corrected chi connectivity index (χ3v) is 4.05. The minimum atomic E-state index is -0.693. The molecule has 0 amide bonds. The van der Waals surface area contributed by atoms with Gasteiger partial charge < -0.3 is 20.3 Å². The van der Waals surface area contributed by atoms with Gasteiger partial charge in [0.1, 0.15) is 0 Å². The predicted octanol–water partition coefficient (Wildman–Crippen LogP) is 0.212. The van der Waals surface area contributed by atoms with Gasteiger partial charge in [-0.05, 0) is 25.8 Å². The monoisotopic (exact) mass is 260 g/mol. The molecular formula is C13H28N2O3. The summed E-state index contributed by atoms with van der Waals surface area (Å²) in [6.07, 6.45) is 2.74. The number of hydrogen-bond acceptors (Lipinski definition) is 5. The maximum absolute atomic E-state index is 10.1. The third-order valence-electron chi connectivity index (χ3n) is 4.05. The molecule has 0 aromatic rings. The van der Waals surface area contributed by atoms with Crippen molar-refractivity contribution in [2.24, 2.45) is 5.73 Å². The molecule has 0 saturated carbocycles. The van der Waals surface area contributed by atoms with Crippen LogP contribution in [0.2, 0.25) is 0 Å². The van der Waals surface area contributed by atoms with Crippen molar-refractivity contribution in [2.45, 2.75) is 44.0 Å². The lowest BCUT2D eigenvalue weighted by Gasteiger charge is -2.26. The molecule has 1 fully saturated rings. The molecule has 5 nitrogen and oxygen atoms in total. The first-order chi connectivity index (χ1) is 8.58. The maximum Gasteiger partial charge on any atom is 0.0971 e. The molecule has 0 bridgehead atoms. The molecular weight excluding hydrogens is 232 g/mol. The Balaban J connectivity index is 2.29. The van der Waals surface area contributed by atoms with Gasteiger partial charge in [-0.25, -0.2) is 0 Å². The topological polar surface area (TPSA) is 68.0 Å². The summed E-state index contributed by atoms with van der Waals surface area (Å²) < 4.78 is 10.8. The summed E-state index contributed by atoms with van der Waals surface area (Å²) in [4.78, 5) is 2.33. The van der Waals surface area contributed by atoms with Gasteiger partial charge in [0, 0.05) is 33.9 Å². The average Bonchev–Trinajstić information content (AvgIpc) is 2.80. The minimum absolute atomic E-state index is 0.162. The van der Waals surface area contributed by atoms with Gasteiger partial charge in [-0.2, -0.15) is 0 Å². The van der Waals surface area contributed by atoms with Gasteiger partial charge in [-0.1, -0.05) is 6.92 Å². The Morgan fingerprint density at radius 1 is 1.28 bits per heavy atom. The van der Waals surface area contributed by atoms with Crippen molar-refractivity contribution in [3.8, 4) is 0 Å². The van der Waals surface area contributed by atoms with E-state index in [1.165, 1.54) is 0 Å². The summed E-state index contributed by atoms with van der Waals surface area (Å²) in [5.74, 6) is 0. The standard InChI is InChI=1S/C13H28N2O3/c1-4-13(16,10-14)6-5-7-15-8-11(17-2)12(9-15)18-3/h11-12,16H,4-10,14H2,1-3H3. The van der Waals surface area contributed by atoms with E-state index >= 15 is 0 Å². The molecule has 0 spiro atoms. The van der Waals surface area contributed by atoms with Crippen LogP contribution in [0, 0.1) is 0 Å². The van der Waals surface area contributed by atoms with Gasteiger partial charge in [0.05, 0.1) is 17.8 Å². The minimum Gasteiger partial charge on any atom is -0.389 e. The van der Waals surface area contributed by atoms with Crippen molar-refractivity contribution >= 4 is 0 Å². The lowest BCUT2D eigenvalue weighted by atomic mass is 9.95. The Kier molecular flexibility index (Phi) is 6.52. The zero-order valence-corrected chi connectivity index (χ0v) is 11.9. The number of methoxy groups -OCH3 is 2. The summed E-state index contributed by atoms with van der Waals surface area (Å²) in [6.45, 7) is 5.09. The predicted molar refractivity (Wildman–Crippen MR) is 71.6 cm³/mol. The zero-order valence-electron chi connectivity index (χ0n) is 11.9. The Labute approximate surface area is 110 Å². The van der Waals surface area contributed by atoms with E-state index in [9.17, 15) is 5.11 Å². The summed E-state index contributed by atoms with van der Waals surface area (Å²) >= 11 is 0.